The van der Waals surface area contributed by atoms with Crippen LogP contribution in [0.3, 0.4) is 0 Å². The molecule has 2 rings (SSSR count). The number of ether oxygens (including phenoxy) is 1. The molecule has 0 aromatic carbocycles. The highest BCUT2D eigenvalue weighted by Gasteiger charge is 2.46. The molecule has 0 saturated heterocycles. The Morgan fingerprint density at radius 1 is 1.67 bits per heavy atom. The van der Waals surface area contributed by atoms with Gasteiger partial charge in [0.25, 0.3) is 0 Å². The molecule has 66 valence electrons. The lowest BCUT2D eigenvalue weighted by Crippen LogP contribution is -2.06. The van der Waals surface area contributed by atoms with Gasteiger partial charge in [-0.15, -0.1) is 0 Å². The van der Waals surface area contributed by atoms with Crippen LogP contribution in [0.15, 0.2) is 16.7 Å². The average Bonchev–Trinajstić information content (AvgIpc) is 2.64. The fraction of sp³-hybridized carbons (Fsp3) is 0.556. The van der Waals surface area contributed by atoms with E-state index in [2.05, 4.69) is 0 Å². The van der Waals surface area contributed by atoms with Gasteiger partial charge in [-0.05, 0) is 18.9 Å². The molecule has 0 spiro atoms. The van der Waals surface area contributed by atoms with Crippen molar-refractivity contribution in [2.45, 2.75) is 25.0 Å². The Morgan fingerprint density at radius 2 is 2.42 bits per heavy atom. The molecule has 1 aromatic rings. The molecule has 0 atom stereocenters. The molecule has 0 bridgehead atoms. The highest BCUT2D eigenvalue weighted by molar-refractivity contribution is 5.26. The molecule has 1 N–H and O–H groups in total. The molecule has 0 aliphatic heterocycles. The normalized spacial score (nSPS) is 19.5. The molecule has 1 aliphatic carbocycles. The molecule has 0 amide bonds. The number of aliphatic hydroxyl groups is 1. The predicted molar refractivity (Wildman–Crippen MR) is 42.6 cm³/mol. The third-order valence-corrected chi connectivity index (χ3v) is 2.19. The molecular formula is C9H12O3. The quantitative estimate of drug-likeness (QED) is 0.742. The number of hydrogen-bond donors (Lipinski definition) is 1. The lowest BCUT2D eigenvalue weighted by molar-refractivity contribution is 0.115. The topological polar surface area (TPSA) is 42.6 Å². The summed E-state index contributed by atoms with van der Waals surface area (Å²) in [6, 6.07) is 1.84. The Hall–Kier alpha value is -0.800. The van der Waals surface area contributed by atoms with Crippen molar-refractivity contribution in [1.82, 2.24) is 0 Å². The van der Waals surface area contributed by atoms with Gasteiger partial charge in [0.05, 0.1) is 12.9 Å². The van der Waals surface area contributed by atoms with Crippen LogP contribution in [0.4, 0.5) is 0 Å². The van der Waals surface area contributed by atoms with Crippen LogP contribution in [0.1, 0.15) is 24.2 Å². The summed E-state index contributed by atoms with van der Waals surface area (Å²) in [5.74, 6) is 0.685. The molecule has 1 heterocycles. The maximum absolute atomic E-state index is 9.75. The average molecular weight is 168 g/mol. The van der Waals surface area contributed by atoms with Crippen molar-refractivity contribution in [2.75, 3.05) is 7.11 Å². The Morgan fingerprint density at radius 3 is 3.00 bits per heavy atom. The second kappa shape index (κ2) is 2.61. The summed E-state index contributed by atoms with van der Waals surface area (Å²) in [7, 11) is 1.63. The van der Waals surface area contributed by atoms with Crippen LogP contribution in [0, 0.1) is 0 Å². The van der Waals surface area contributed by atoms with E-state index in [-0.39, 0.29) is 0 Å². The van der Waals surface area contributed by atoms with Crippen molar-refractivity contribution in [2.24, 2.45) is 0 Å². The zero-order valence-electron chi connectivity index (χ0n) is 7.04. The van der Waals surface area contributed by atoms with Gasteiger partial charge in [0.2, 0.25) is 0 Å². The van der Waals surface area contributed by atoms with E-state index in [4.69, 9.17) is 9.15 Å². The first-order valence-electron chi connectivity index (χ1n) is 4.04. The molecule has 3 nitrogen and oxygen atoms in total. The largest absolute Gasteiger partial charge is 0.466 e. The van der Waals surface area contributed by atoms with Crippen LogP contribution in [0.5, 0.6) is 0 Å². The number of hydrogen-bond acceptors (Lipinski definition) is 3. The van der Waals surface area contributed by atoms with E-state index in [9.17, 15) is 5.11 Å². The lowest BCUT2D eigenvalue weighted by atomic mass is 10.1. The van der Waals surface area contributed by atoms with Crippen LogP contribution < -0.4 is 0 Å². The van der Waals surface area contributed by atoms with E-state index in [0.29, 0.717) is 12.4 Å². The summed E-state index contributed by atoms with van der Waals surface area (Å²) in [5, 5.41) is 9.75. The van der Waals surface area contributed by atoms with E-state index < -0.39 is 5.60 Å². The maximum Gasteiger partial charge on any atom is 0.140 e. The molecule has 1 fully saturated rings. The van der Waals surface area contributed by atoms with Crippen LogP contribution in [-0.2, 0) is 16.9 Å². The molecule has 0 radical (unpaired) electrons. The summed E-state index contributed by atoms with van der Waals surface area (Å²) in [6.45, 7) is 0.508. The van der Waals surface area contributed by atoms with Gasteiger partial charge < -0.3 is 14.3 Å². The predicted octanol–water partition coefficient (Wildman–Crippen LogP) is 1.41. The van der Waals surface area contributed by atoms with Gasteiger partial charge in [0, 0.05) is 12.7 Å². The van der Waals surface area contributed by atoms with Crippen molar-refractivity contribution in [3.8, 4) is 0 Å². The molecule has 3 heteroatoms. The molecule has 1 aliphatic rings. The fourth-order valence-corrected chi connectivity index (χ4v) is 1.36. The van der Waals surface area contributed by atoms with Gasteiger partial charge in [0.15, 0.2) is 0 Å². The SMILES string of the molecule is COCc1ccoc1C1(O)CC1. The molecule has 0 unspecified atom stereocenters. The van der Waals surface area contributed by atoms with Crippen molar-refractivity contribution in [1.29, 1.82) is 0 Å². The smallest absolute Gasteiger partial charge is 0.140 e. The summed E-state index contributed by atoms with van der Waals surface area (Å²) in [5.41, 5.74) is 0.273. The van der Waals surface area contributed by atoms with Crippen molar-refractivity contribution >= 4 is 0 Å². The third kappa shape index (κ3) is 1.15. The summed E-state index contributed by atoms with van der Waals surface area (Å²) >= 11 is 0. The monoisotopic (exact) mass is 168 g/mol. The van der Waals surface area contributed by atoms with Crippen LogP contribution in [0.2, 0.25) is 0 Å². The number of methoxy groups -OCH3 is 1. The standard InChI is InChI=1S/C9H12O3/c1-11-6-7-2-5-12-8(7)9(10)3-4-9/h2,5,10H,3-4,6H2,1H3. The number of rotatable bonds is 3. The summed E-state index contributed by atoms with van der Waals surface area (Å²) in [4.78, 5) is 0. The van der Waals surface area contributed by atoms with E-state index >= 15 is 0 Å². The second-order valence-electron chi connectivity index (χ2n) is 3.24. The van der Waals surface area contributed by atoms with E-state index in [1.54, 1.807) is 13.4 Å². The van der Waals surface area contributed by atoms with Gasteiger partial charge in [-0.3, -0.25) is 0 Å². The molecule has 1 saturated carbocycles. The lowest BCUT2D eigenvalue weighted by Gasteiger charge is -2.06. The maximum atomic E-state index is 9.75. The highest BCUT2D eigenvalue weighted by atomic mass is 16.5. The van der Waals surface area contributed by atoms with Crippen LogP contribution in [0.25, 0.3) is 0 Å². The zero-order valence-corrected chi connectivity index (χ0v) is 7.04. The Kier molecular flexibility index (Phi) is 1.70. The summed E-state index contributed by atoms with van der Waals surface area (Å²) < 4.78 is 10.2. The fourth-order valence-electron chi connectivity index (χ4n) is 1.36. The second-order valence-corrected chi connectivity index (χ2v) is 3.24. The summed E-state index contributed by atoms with van der Waals surface area (Å²) in [6.07, 6.45) is 3.20. The Labute approximate surface area is 71.0 Å². The van der Waals surface area contributed by atoms with Crippen LogP contribution in [-0.4, -0.2) is 12.2 Å². The van der Waals surface area contributed by atoms with E-state index in [1.165, 1.54) is 0 Å². The van der Waals surface area contributed by atoms with Crippen LogP contribution >= 0.6 is 0 Å². The van der Waals surface area contributed by atoms with Crippen molar-refractivity contribution < 1.29 is 14.3 Å². The molecule has 12 heavy (non-hydrogen) atoms. The third-order valence-electron chi connectivity index (χ3n) is 2.19. The Balaban J connectivity index is 2.24. The van der Waals surface area contributed by atoms with Gasteiger partial charge >= 0.3 is 0 Å². The first-order valence-corrected chi connectivity index (χ1v) is 4.04. The van der Waals surface area contributed by atoms with E-state index in [0.717, 1.165) is 18.4 Å². The highest BCUT2D eigenvalue weighted by Crippen LogP contribution is 2.46. The molecule has 1 aromatic heterocycles. The Bertz CT molecular complexity index is 273. The van der Waals surface area contributed by atoms with Gasteiger partial charge in [0.1, 0.15) is 11.4 Å². The molecular weight excluding hydrogens is 156 g/mol. The minimum Gasteiger partial charge on any atom is -0.466 e. The van der Waals surface area contributed by atoms with Gasteiger partial charge in [-0.2, -0.15) is 0 Å². The number of furan rings is 1. The van der Waals surface area contributed by atoms with Crippen molar-refractivity contribution in [3.63, 3.8) is 0 Å². The zero-order chi connectivity index (χ0) is 8.60. The van der Waals surface area contributed by atoms with Gasteiger partial charge in [-0.1, -0.05) is 0 Å². The first kappa shape index (κ1) is 7.83. The minimum absolute atomic E-state index is 0.508. The van der Waals surface area contributed by atoms with Gasteiger partial charge in [-0.25, -0.2) is 0 Å². The minimum atomic E-state index is -0.683. The first-order chi connectivity index (χ1) is 5.76. The van der Waals surface area contributed by atoms with E-state index in [1.807, 2.05) is 6.07 Å². The van der Waals surface area contributed by atoms with Crippen molar-refractivity contribution in [3.05, 3.63) is 23.7 Å².